The molecule has 0 atom stereocenters. The van der Waals surface area contributed by atoms with Crippen LogP contribution in [0.1, 0.15) is 55.5 Å². The smallest absolute Gasteiger partial charge is 0.212 e. The highest BCUT2D eigenvalue weighted by molar-refractivity contribution is 6.13. The summed E-state index contributed by atoms with van der Waals surface area (Å²) in [7, 11) is 0. The Morgan fingerprint density at radius 2 is 0.944 bits per heavy atom. The van der Waals surface area contributed by atoms with Crippen molar-refractivity contribution in [2.75, 3.05) is 0 Å². The van der Waals surface area contributed by atoms with Crippen molar-refractivity contribution < 1.29 is 0 Å². The molecule has 0 fully saturated rings. The van der Waals surface area contributed by atoms with Crippen LogP contribution in [-0.2, 0) is 10.8 Å². The minimum Gasteiger partial charge on any atom is -0.319 e. The van der Waals surface area contributed by atoms with Crippen LogP contribution in [0.2, 0.25) is 0 Å². The highest BCUT2D eigenvalue weighted by Gasteiger charge is 2.37. The molecule has 4 nitrogen and oxygen atoms in total. The van der Waals surface area contributed by atoms with Crippen molar-refractivity contribution in [3.05, 3.63) is 173 Å². The fourth-order valence-corrected chi connectivity index (χ4v) is 9.95. The standard InChI is InChI=1S/C50H34N4/c1-49(2)38-18-10-6-14-30(38)34-25-46-36(23-40(34)49)32-16-8-12-20-43(32)53(46)45-27-42(52-5)48(22-29(45)28-51)54-44-21-13-9-17-33(44)37-24-41-35(26-47(37)54)31-15-7-11-19-39(31)50(41,3)4/h6-27H,1-4H3. The van der Waals surface area contributed by atoms with Crippen LogP contribution in [0.15, 0.2) is 133 Å². The highest BCUT2D eigenvalue weighted by Crippen LogP contribution is 2.53. The third kappa shape index (κ3) is 3.75. The van der Waals surface area contributed by atoms with E-state index in [-0.39, 0.29) is 10.8 Å². The monoisotopic (exact) mass is 690 g/mol. The Balaban J connectivity index is 1.20. The van der Waals surface area contributed by atoms with Crippen LogP contribution in [0.5, 0.6) is 0 Å². The van der Waals surface area contributed by atoms with Gasteiger partial charge in [0.15, 0.2) is 0 Å². The molecule has 0 bridgehead atoms. The van der Waals surface area contributed by atoms with Crippen LogP contribution >= 0.6 is 0 Å². The van der Waals surface area contributed by atoms with Crippen molar-refractivity contribution in [2.45, 2.75) is 38.5 Å². The molecule has 2 aliphatic carbocycles. The van der Waals surface area contributed by atoms with E-state index >= 15 is 0 Å². The third-order valence-electron chi connectivity index (χ3n) is 12.6. The number of benzene rings is 7. The van der Waals surface area contributed by atoms with Crippen LogP contribution in [0.3, 0.4) is 0 Å². The molecule has 0 amide bonds. The first-order valence-electron chi connectivity index (χ1n) is 18.5. The zero-order valence-electron chi connectivity index (χ0n) is 30.5. The number of nitriles is 1. The Morgan fingerprint density at radius 3 is 1.44 bits per heavy atom. The second kappa shape index (κ2) is 10.4. The lowest BCUT2D eigenvalue weighted by Crippen LogP contribution is -2.14. The van der Waals surface area contributed by atoms with Crippen molar-refractivity contribution >= 4 is 49.3 Å². The number of nitrogens with zero attached hydrogens (tertiary/aromatic N) is 4. The van der Waals surface area contributed by atoms with Crippen molar-refractivity contribution in [1.82, 2.24) is 9.13 Å². The first kappa shape index (κ1) is 30.7. The molecule has 7 aromatic carbocycles. The maximum atomic E-state index is 11.0. The molecule has 254 valence electrons. The van der Waals surface area contributed by atoms with Crippen molar-refractivity contribution in [1.29, 1.82) is 5.26 Å². The van der Waals surface area contributed by atoms with Gasteiger partial charge in [-0.2, -0.15) is 5.26 Å². The van der Waals surface area contributed by atoms with Gasteiger partial charge in [-0.15, -0.1) is 0 Å². The molecule has 2 aromatic heterocycles. The molecule has 4 heteroatoms. The number of hydrogen-bond donors (Lipinski definition) is 0. The van der Waals surface area contributed by atoms with Gasteiger partial charge in [0.25, 0.3) is 0 Å². The minimum absolute atomic E-state index is 0.138. The van der Waals surface area contributed by atoms with Gasteiger partial charge in [-0.1, -0.05) is 113 Å². The molecule has 0 spiro atoms. The number of hydrogen-bond acceptors (Lipinski definition) is 1. The molecule has 9 aromatic rings. The lowest BCUT2D eigenvalue weighted by Gasteiger charge is -2.21. The van der Waals surface area contributed by atoms with Gasteiger partial charge in [-0.25, -0.2) is 4.85 Å². The summed E-state index contributed by atoms with van der Waals surface area (Å²) in [6.07, 6.45) is 0. The molecule has 0 saturated carbocycles. The van der Waals surface area contributed by atoms with Gasteiger partial charge in [0.05, 0.1) is 45.6 Å². The molecule has 2 heterocycles. The quantitative estimate of drug-likeness (QED) is 0.166. The molecule has 0 N–H and O–H groups in total. The molecular formula is C50H34N4. The highest BCUT2D eigenvalue weighted by atomic mass is 15.0. The van der Waals surface area contributed by atoms with E-state index in [0.29, 0.717) is 22.6 Å². The number of aromatic nitrogens is 2. The van der Waals surface area contributed by atoms with Crippen LogP contribution in [0.25, 0.3) is 82.1 Å². The van der Waals surface area contributed by atoms with E-state index in [1.54, 1.807) is 0 Å². The maximum absolute atomic E-state index is 11.0. The van der Waals surface area contributed by atoms with Crippen molar-refractivity contribution in [3.63, 3.8) is 0 Å². The molecule has 0 aliphatic heterocycles. The number of fused-ring (bicyclic) bond motifs is 12. The van der Waals surface area contributed by atoms with Gasteiger partial charge in [0, 0.05) is 32.4 Å². The van der Waals surface area contributed by atoms with Gasteiger partial charge < -0.3 is 9.13 Å². The Labute approximate surface area is 313 Å². The lowest BCUT2D eigenvalue weighted by atomic mass is 9.82. The van der Waals surface area contributed by atoms with E-state index in [1.165, 1.54) is 44.5 Å². The first-order chi connectivity index (χ1) is 26.2. The summed E-state index contributed by atoms with van der Waals surface area (Å²) in [5.41, 5.74) is 16.4. The predicted molar refractivity (Wildman–Crippen MR) is 221 cm³/mol. The minimum atomic E-state index is -0.139. The van der Waals surface area contributed by atoms with E-state index in [9.17, 15) is 5.26 Å². The summed E-state index contributed by atoms with van der Waals surface area (Å²) in [4.78, 5) is 4.19. The molecule has 0 unspecified atom stereocenters. The fourth-order valence-electron chi connectivity index (χ4n) is 9.95. The van der Waals surface area contributed by atoms with Crippen molar-refractivity contribution in [3.8, 4) is 39.7 Å². The Hall–Kier alpha value is -6.88. The van der Waals surface area contributed by atoms with Crippen molar-refractivity contribution in [2.24, 2.45) is 0 Å². The van der Waals surface area contributed by atoms with E-state index in [1.807, 2.05) is 12.1 Å². The largest absolute Gasteiger partial charge is 0.319 e. The van der Waals surface area contributed by atoms with Gasteiger partial charge >= 0.3 is 0 Å². The molecular weight excluding hydrogens is 657 g/mol. The SMILES string of the molecule is [C-]#[N+]c1cc(-n2c3ccccc3c3cc4c(cc32)-c2ccccc2C4(C)C)c(C#N)cc1-n1c2ccccc2c2cc3c(cc21)-c1ccccc1C3(C)C. The zero-order valence-corrected chi connectivity index (χ0v) is 30.5. The summed E-state index contributed by atoms with van der Waals surface area (Å²) in [5.74, 6) is 0. The number of rotatable bonds is 2. The number of para-hydroxylation sites is 2. The van der Waals surface area contributed by atoms with Crippen LogP contribution in [0, 0.1) is 17.9 Å². The molecule has 11 rings (SSSR count). The molecule has 0 radical (unpaired) electrons. The van der Waals surface area contributed by atoms with Gasteiger partial charge in [-0.05, 0) is 93.0 Å². The van der Waals surface area contributed by atoms with Gasteiger partial charge in [-0.3, -0.25) is 0 Å². The first-order valence-corrected chi connectivity index (χ1v) is 18.5. The summed E-state index contributed by atoms with van der Waals surface area (Å²) >= 11 is 0. The second-order valence-electron chi connectivity index (χ2n) is 16.0. The van der Waals surface area contributed by atoms with E-state index in [0.717, 1.165) is 43.6 Å². The van der Waals surface area contributed by atoms with Crippen LogP contribution < -0.4 is 0 Å². The fraction of sp³-hybridized carbons (Fsp3) is 0.120. The molecule has 0 saturated heterocycles. The average molecular weight is 691 g/mol. The molecule has 54 heavy (non-hydrogen) atoms. The topological polar surface area (TPSA) is 38.0 Å². The second-order valence-corrected chi connectivity index (χ2v) is 16.0. The Bertz CT molecular complexity index is 3020. The van der Waals surface area contributed by atoms with Gasteiger partial charge in [0.2, 0.25) is 5.69 Å². The van der Waals surface area contributed by atoms with Crippen LogP contribution in [0.4, 0.5) is 5.69 Å². The summed E-state index contributed by atoms with van der Waals surface area (Å²) < 4.78 is 4.41. The third-order valence-corrected chi connectivity index (χ3v) is 12.6. The van der Waals surface area contributed by atoms with E-state index in [2.05, 4.69) is 169 Å². The predicted octanol–water partition coefficient (Wildman–Crippen LogP) is 12.9. The zero-order chi connectivity index (χ0) is 36.7. The normalized spacial score (nSPS) is 14.6. The summed E-state index contributed by atoms with van der Waals surface area (Å²) in [5, 5.41) is 15.5. The van der Waals surface area contributed by atoms with Crippen LogP contribution in [-0.4, -0.2) is 9.13 Å². The Morgan fingerprint density at radius 1 is 0.481 bits per heavy atom. The van der Waals surface area contributed by atoms with Gasteiger partial charge in [0.1, 0.15) is 6.07 Å². The molecule has 2 aliphatic rings. The Kier molecular flexibility index (Phi) is 5.90. The average Bonchev–Trinajstić information content (AvgIpc) is 3.84. The summed E-state index contributed by atoms with van der Waals surface area (Å²) in [6.45, 7) is 17.8. The van der Waals surface area contributed by atoms with E-state index < -0.39 is 0 Å². The maximum Gasteiger partial charge on any atom is 0.212 e. The van der Waals surface area contributed by atoms with E-state index in [4.69, 9.17) is 6.57 Å². The lowest BCUT2D eigenvalue weighted by molar-refractivity contribution is 0.661. The summed E-state index contributed by atoms with van der Waals surface area (Å²) in [6, 6.07) is 50.0.